The molecule has 2 heteroatoms. The molecule has 0 saturated carbocycles. The molecule has 0 aromatic carbocycles. The molecule has 0 bridgehead atoms. The van der Waals surface area contributed by atoms with Gasteiger partial charge in [0.25, 0.3) is 0 Å². The van der Waals surface area contributed by atoms with Crippen molar-refractivity contribution < 1.29 is 24.7 Å². The summed E-state index contributed by atoms with van der Waals surface area (Å²) in [5.41, 5.74) is 0. The second kappa shape index (κ2) is 13.7. The van der Waals surface area contributed by atoms with Crippen molar-refractivity contribution >= 4 is 0 Å². The van der Waals surface area contributed by atoms with Crippen molar-refractivity contribution in [3.05, 3.63) is 0 Å². The van der Waals surface area contributed by atoms with Gasteiger partial charge in [0.1, 0.15) is 0 Å². The Labute approximate surface area is 102 Å². The zero-order valence-corrected chi connectivity index (χ0v) is 11.7. The molecule has 0 rings (SSSR count). The molecule has 90 valence electrons. The molecule has 0 unspecified atom stereocenters. The van der Waals surface area contributed by atoms with Crippen LogP contribution in [0.15, 0.2) is 0 Å². The number of hydrogen-bond acceptors (Lipinski definition) is 1. The van der Waals surface area contributed by atoms with Crippen LogP contribution < -0.4 is 0 Å². The van der Waals surface area contributed by atoms with Crippen LogP contribution in [0.1, 0.15) is 71.1 Å². The molecule has 0 aromatic rings. The van der Waals surface area contributed by atoms with E-state index in [0.717, 1.165) is 6.61 Å². The van der Waals surface area contributed by atoms with Gasteiger partial charge in [0.15, 0.2) is 0 Å². The van der Waals surface area contributed by atoms with E-state index in [4.69, 9.17) is 3.24 Å². The molecule has 0 atom stereocenters. The second-order valence-electron chi connectivity index (χ2n) is 3.97. The zero-order chi connectivity index (χ0) is 10.5. The third-order valence-corrected chi connectivity index (χ3v) is 3.00. The molecule has 0 aliphatic heterocycles. The van der Waals surface area contributed by atoms with E-state index in [2.05, 4.69) is 28.4 Å². The molecule has 0 amide bonds. The quantitative estimate of drug-likeness (QED) is 0.381. The van der Waals surface area contributed by atoms with Crippen LogP contribution >= 0.6 is 0 Å². The van der Waals surface area contributed by atoms with Gasteiger partial charge in [-0.25, -0.2) is 0 Å². The fourth-order valence-electron chi connectivity index (χ4n) is 1.63. The van der Waals surface area contributed by atoms with Gasteiger partial charge < -0.3 is 0 Å². The predicted molar refractivity (Wildman–Crippen MR) is 57.8 cm³/mol. The van der Waals surface area contributed by atoms with Gasteiger partial charge in [-0.2, -0.15) is 0 Å². The van der Waals surface area contributed by atoms with Gasteiger partial charge >= 0.3 is 95.5 Å². The van der Waals surface area contributed by atoms with Crippen molar-refractivity contribution in [2.75, 3.05) is 6.61 Å². The van der Waals surface area contributed by atoms with Gasteiger partial charge in [0.05, 0.1) is 0 Å². The Hall–Kier alpha value is 0.700. The summed E-state index contributed by atoms with van der Waals surface area (Å²) in [5.74, 6) is 0. The third kappa shape index (κ3) is 12.7. The zero-order valence-electron chi connectivity index (χ0n) is 9.49. The van der Waals surface area contributed by atoms with Crippen molar-refractivity contribution in [3.63, 3.8) is 0 Å². The van der Waals surface area contributed by atoms with Crippen molar-refractivity contribution in [2.24, 2.45) is 0 Å². The van der Waals surface area contributed by atoms with Crippen LogP contribution in [-0.4, -0.2) is 6.61 Å². The first-order valence-corrected chi connectivity index (χ1v) is 7.00. The van der Waals surface area contributed by atoms with Crippen molar-refractivity contribution in [1.82, 2.24) is 0 Å². The maximum absolute atomic E-state index is 4.96. The Morgan fingerprint density at radius 3 is 1.57 bits per heavy atom. The van der Waals surface area contributed by atoms with Crippen LogP contribution in [0.5, 0.6) is 0 Å². The topological polar surface area (TPSA) is 9.23 Å². The Bertz CT molecular complexity index is 84.3. The molecule has 0 spiro atoms. The standard InChI is InChI=1S/C12H25O.Au/c1-2-3-4-5-6-7-8-9-10-11-12-13;/h2-12H2,1H3;/q-1;+1. The average Bonchev–Trinajstić information content (AvgIpc) is 2.21. The van der Waals surface area contributed by atoms with E-state index in [0.29, 0.717) is 0 Å². The molecular formula is C12H25AuO. The van der Waals surface area contributed by atoms with Gasteiger partial charge in [0, 0.05) is 0 Å². The summed E-state index contributed by atoms with van der Waals surface area (Å²) in [7, 11) is 0. The first-order valence-electron chi connectivity index (χ1n) is 6.12. The molecule has 0 aromatic heterocycles. The first-order chi connectivity index (χ1) is 6.91. The van der Waals surface area contributed by atoms with E-state index in [-0.39, 0.29) is 0 Å². The van der Waals surface area contributed by atoms with Crippen molar-refractivity contribution in [3.8, 4) is 0 Å². The molecule has 0 aliphatic rings. The number of hydrogen-bond donors (Lipinski definition) is 0. The van der Waals surface area contributed by atoms with Crippen LogP contribution in [-0.2, 0) is 24.7 Å². The second-order valence-corrected chi connectivity index (χ2v) is 4.60. The molecule has 0 N–H and O–H groups in total. The molecule has 0 fully saturated rings. The summed E-state index contributed by atoms with van der Waals surface area (Å²) in [6.45, 7) is 3.19. The molecule has 0 radical (unpaired) electrons. The van der Waals surface area contributed by atoms with Gasteiger partial charge in [-0.1, -0.05) is 6.92 Å². The average molecular weight is 382 g/mol. The molecular weight excluding hydrogens is 357 g/mol. The normalized spacial score (nSPS) is 10.8. The molecule has 1 nitrogen and oxygen atoms in total. The number of unbranched alkanes of at least 4 members (excludes halogenated alkanes) is 9. The van der Waals surface area contributed by atoms with Gasteiger partial charge in [-0.15, -0.1) is 0 Å². The van der Waals surface area contributed by atoms with E-state index in [1.54, 1.807) is 0 Å². The fraction of sp³-hybridized carbons (Fsp3) is 1.00. The van der Waals surface area contributed by atoms with Crippen LogP contribution in [0.3, 0.4) is 0 Å². The van der Waals surface area contributed by atoms with Crippen molar-refractivity contribution in [1.29, 1.82) is 0 Å². The van der Waals surface area contributed by atoms with E-state index < -0.39 is 0 Å². The molecule has 0 aliphatic carbocycles. The Morgan fingerprint density at radius 2 is 1.14 bits per heavy atom. The summed E-state index contributed by atoms with van der Waals surface area (Å²) < 4.78 is 4.96. The van der Waals surface area contributed by atoms with Gasteiger partial charge in [-0.3, -0.25) is 0 Å². The fourth-order valence-corrected chi connectivity index (χ4v) is 1.95. The minimum absolute atomic E-state index is 0.916. The van der Waals surface area contributed by atoms with Gasteiger partial charge in [-0.05, 0) is 0 Å². The predicted octanol–water partition coefficient (Wildman–Crippen LogP) is 4.39. The maximum atomic E-state index is 4.96. The minimum atomic E-state index is 0.916. The van der Waals surface area contributed by atoms with Crippen LogP contribution in [0.4, 0.5) is 0 Å². The van der Waals surface area contributed by atoms with E-state index in [9.17, 15) is 0 Å². The molecule has 14 heavy (non-hydrogen) atoms. The van der Waals surface area contributed by atoms with E-state index >= 15 is 0 Å². The monoisotopic (exact) mass is 382 g/mol. The summed E-state index contributed by atoms with van der Waals surface area (Å²) in [6.07, 6.45) is 13.9. The Kier molecular flexibility index (Phi) is 14.4. The SMILES string of the molecule is CCCCCCCCCCCC[O][Au]. The first kappa shape index (κ1) is 14.7. The Morgan fingerprint density at radius 1 is 0.714 bits per heavy atom. The summed E-state index contributed by atoms with van der Waals surface area (Å²) in [6, 6.07) is 0. The van der Waals surface area contributed by atoms with Crippen LogP contribution in [0, 0.1) is 0 Å². The number of rotatable bonds is 11. The van der Waals surface area contributed by atoms with Crippen LogP contribution in [0.25, 0.3) is 0 Å². The molecule has 0 saturated heterocycles. The third-order valence-electron chi connectivity index (χ3n) is 2.56. The van der Waals surface area contributed by atoms with E-state index in [1.807, 2.05) is 0 Å². The van der Waals surface area contributed by atoms with E-state index in [1.165, 1.54) is 64.2 Å². The van der Waals surface area contributed by atoms with Crippen molar-refractivity contribution in [2.45, 2.75) is 71.1 Å². The van der Waals surface area contributed by atoms with Crippen LogP contribution in [0.2, 0.25) is 0 Å². The summed E-state index contributed by atoms with van der Waals surface area (Å²) in [5, 5.41) is 0. The summed E-state index contributed by atoms with van der Waals surface area (Å²) >= 11 is 2.14. The molecule has 0 heterocycles. The Balaban J connectivity index is 2.78. The summed E-state index contributed by atoms with van der Waals surface area (Å²) in [4.78, 5) is 0. The van der Waals surface area contributed by atoms with Gasteiger partial charge in [0.2, 0.25) is 0 Å².